The largest absolute Gasteiger partial charge is 0.461 e. The van der Waals surface area contributed by atoms with Crippen LogP contribution < -0.4 is 5.32 Å². The summed E-state index contributed by atoms with van der Waals surface area (Å²) >= 11 is 0. The molecule has 114 valence electrons. The maximum atomic E-state index is 5.27. The van der Waals surface area contributed by atoms with Crippen LogP contribution >= 0.6 is 0 Å². The van der Waals surface area contributed by atoms with E-state index in [1.165, 1.54) is 0 Å². The summed E-state index contributed by atoms with van der Waals surface area (Å²) in [5, 5.41) is 10.4. The molecule has 0 bridgehead atoms. The van der Waals surface area contributed by atoms with Crippen LogP contribution in [0.4, 0.5) is 5.82 Å². The van der Waals surface area contributed by atoms with Crippen molar-refractivity contribution in [3.63, 3.8) is 0 Å². The van der Waals surface area contributed by atoms with Crippen molar-refractivity contribution in [3.8, 4) is 11.6 Å². The van der Waals surface area contributed by atoms with Gasteiger partial charge in [-0.15, -0.1) is 0 Å². The Hall–Kier alpha value is -2.70. The molecule has 3 rings (SSSR count). The molecule has 22 heavy (non-hydrogen) atoms. The lowest BCUT2D eigenvalue weighted by Crippen LogP contribution is -2.09. The Bertz CT molecular complexity index is 734. The molecule has 0 aliphatic heterocycles. The van der Waals surface area contributed by atoms with Crippen LogP contribution in [-0.2, 0) is 12.8 Å². The van der Waals surface area contributed by atoms with Gasteiger partial charge in [-0.05, 0) is 25.5 Å². The van der Waals surface area contributed by atoms with Crippen LogP contribution in [0.3, 0.4) is 0 Å². The number of nitrogens with zero attached hydrogens (tertiary/aromatic N) is 4. The van der Waals surface area contributed by atoms with Crippen molar-refractivity contribution in [2.24, 2.45) is 0 Å². The quantitative estimate of drug-likeness (QED) is 0.726. The van der Waals surface area contributed by atoms with E-state index in [1.807, 2.05) is 25.1 Å². The zero-order valence-electron chi connectivity index (χ0n) is 12.6. The number of rotatable bonds is 6. The summed E-state index contributed by atoms with van der Waals surface area (Å²) in [5.74, 6) is 3.66. The van der Waals surface area contributed by atoms with E-state index in [0.717, 1.165) is 36.0 Å². The van der Waals surface area contributed by atoms with Gasteiger partial charge in [0.1, 0.15) is 17.5 Å². The van der Waals surface area contributed by atoms with Gasteiger partial charge in [-0.2, -0.15) is 5.10 Å². The van der Waals surface area contributed by atoms with E-state index in [4.69, 9.17) is 4.42 Å². The van der Waals surface area contributed by atoms with Gasteiger partial charge in [0.15, 0.2) is 5.76 Å². The fourth-order valence-corrected chi connectivity index (χ4v) is 2.13. The third-order valence-corrected chi connectivity index (χ3v) is 3.19. The Kier molecular flexibility index (Phi) is 4.13. The van der Waals surface area contributed by atoms with Gasteiger partial charge >= 0.3 is 0 Å². The van der Waals surface area contributed by atoms with E-state index < -0.39 is 0 Å². The fraction of sp³-hybridized carbons (Fsp3) is 0.333. The molecule has 7 heteroatoms. The molecule has 0 saturated carbocycles. The van der Waals surface area contributed by atoms with Gasteiger partial charge in [-0.25, -0.2) is 15.0 Å². The van der Waals surface area contributed by atoms with Crippen molar-refractivity contribution in [3.05, 3.63) is 41.8 Å². The van der Waals surface area contributed by atoms with Gasteiger partial charge in [0, 0.05) is 24.7 Å². The van der Waals surface area contributed by atoms with Gasteiger partial charge in [-0.1, -0.05) is 6.92 Å². The molecular formula is C15H18N6O. The Balaban J connectivity index is 1.58. The molecule has 0 saturated heterocycles. The molecule has 7 nitrogen and oxygen atoms in total. The average molecular weight is 298 g/mol. The second-order valence-corrected chi connectivity index (χ2v) is 4.91. The van der Waals surface area contributed by atoms with E-state index in [9.17, 15) is 0 Å². The lowest BCUT2D eigenvalue weighted by Gasteiger charge is -2.06. The summed E-state index contributed by atoms with van der Waals surface area (Å²) in [7, 11) is 0. The highest BCUT2D eigenvalue weighted by molar-refractivity contribution is 5.45. The molecule has 0 amide bonds. The molecule has 0 fully saturated rings. The van der Waals surface area contributed by atoms with Crippen LogP contribution in [0.5, 0.6) is 0 Å². The van der Waals surface area contributed by atoms with Crippen LogP contribution in [0, 0.1) is 6.92 Å². The predicted octanol–water partition coefficient (Wildman–Crippen LogP) is 2.38. The van der Waals surface area contributed by atoms with Crippen molar-refractivity contribution in [1.29, 1.82) is 0 Å². The first kappa shape index (κ1) is 14.2. The summed E-state index contributed by atoms with van der Waals surface area (Å²) in [6.07, 6.45) is 3.22. The molecule has 2 N–H and O–H groups in total. The monoisotopic (exact) mass is 298 g/mol. The van der Waals surface area contributed by atoms with Crippen molar-refractivity contribution < 1.29 is 4.42 Å². The van der Waals surface area contributed by atoms with Crippen molar-refractivity contribution >= 4 is 5.82 Å². The minimum absolute atomic E-state index is 0.575. The van der Waals surface area contributed by atoms with Crippen molar-refractivity contribution in [2.45, 2.75) is 26.7 Å². The Morgan fingerprint density at radius 2 is 2.18 bits per heavy atom. The van der Waals surface area contributed by atoms with E-state index in [-0.39, 0.29) is 0 Å². The van der Waals surface area contributed by atoms with Gasteiger partial charge in [0.05, 0.1) is 6.26 Å². The summed E-state index contributed by atoms with van der Waals surface area (Å²) in [5.41, 5.74) is 1.04. The highest BCUT2D eigenvalue weighted by Gasteiger charge is 2.08. The highest BCUT2D eigenvalue weighted by Crippen LogP contribution is 2.14. The molecule has 0 atom stereocenters. The lowest BCUT2D eigenvalue weighted by atomic mass is 10.3. The molecule has 0 aliphatic carbocycles. The molecule has 0 unspecified atom stereocenters. The third-order valence-electron chi connectivity index (χ3n) is 3.19. The van der Waals surface area contributed by atoms with Crippen LogP contribution in [0.15, 0.2) is 28.9 Å². The molecule has 3 aromatic rings. The number of H-pyrrole nitrogens is 1. The third kappa shape index (κ3) is 3.30. The first-order chi connectivity index (χ1) is 10.7. The van der Waals surface area contributed by atoms with Gasteiger partial charge in [0.2, 0.25) is 5.82 Å². The van der Waals surface area contributed by atoms with Crippen LogP contribution in [0.2, 0.25) is 0 Å². The second-order valence-electron chi connectivity index (χ2n) is 4.91. The zero-order valence-corrected chi connectivity index (χ0v) is 12.6. The van der Waals surface area contributed by atoms with E-state index in [0.29, 0.717) is 18.1 Å². The summed E-state index contributed by atoms with van der Waals surface area (Å²) < 4.78 is 5.27. The number of aryl methyl sites for hydroxylation is 2. The molecule has 0 radical (unpaired) electrons. The summed E-state index contributed by atoms with van der Waals surface area (Å²) in [6, 6.07) is 5.62. The first-order valence-corrected chi connectivity index (χ1v) is 7.28. The number of anilines is 1. The second kappa shape index (κ2) is 6.38. The van der Waals surface area contributed by atoms with Crippen LogP contribution in [0.1, 0.15) is 24.3 Å². The van der Waals surface area contributed by atoms with E-state index >= 15 is 0 Å². The molecule has 3 aromatic heterocycles. The van der Waals surface area contributed by atoms with Gasteiger partial charge in [-0.3, -0.25) is 5.10 Å². The lowest BCUT2D eigenvalue weighted by molar-refractivity contribution is 0.577. The number of hydrogen-bond donors (Lipinski definition) is 2. The number of nitrogens with one attached hydrogen (secondary N) is 2. The fourth-order valence-electron chi connectivity index (χ4n) is 2.13. The topological polar surface area (TPSA) is 92.5 Å². The Morgan fingerprint density at radius 1 is 1.27 bits per heavy atom. The van der Waals surface area contributed by atoms with Crippen molar-refractivity contribution in [1.82, 2.24) is 25.1 Å². The van der Waals surface area contributed by atoms with Gasteiger partial charge in [0.25, 0.3) is 0 Å². The maximum Gasteiger partial charge on any atom is 0.216 e. The van der Waals surface area contributed by atoms with Crippen molar-refractivity contribution in [2.75, 3.05) is 11.9 Å². The number of aromatic nitrogens is 5. The average Bonchev–Trinajstić information content (AvgIpc) is 3.17. The molecule has 0 aromatic carbocycles. The first-order valence-electron chi connectivity index (χ1n) is 7.28. The predicted molar refractivity (Wildman–Crippen MR) is 82.4 cm³/mol. The molecule has 0 spiro atoms. The van der Waals surface area contributed by atoms with Crippen LogP contribution in [-0.4, -0.2) is 31.7 Å². The Morgan fingerprint density at radius 3 is 2.95 bits per heavy atom. The molecular weight excluding hydrogens is 280 g/mol. The van der Waals surface area contributed by atoms with Gasteiger partial charge < -0.3 is 9.73 Å². The molecule has 3 heterocycles. The highest BCUT2D eigenvalue weighted by atomic mass is 16.3. The molecule has 0 aliphatic rings. The number of aromatic amines is 1. The number of hydrogen-bond acceptors (Lipinski definition) is 6. The number of furan rings is 1. The standard InChI is InChI=1S/C15H18N6O/c1-3-11-9-14(18-10(2)17-11)16-7-6-13-19-15(21-20-13)12-5-4-8-22-12/h4-5,8-9H,3,6-7H2,1-2H3,(H,16,17,18)(H,19,20,21). The van der Waals surface area contributed by atoms with E-state index in [2.05, 4.69) is 37.4 Å². The zero-order chi connectivity index (χ0) is 15.4. The summed E-state index contributed by atoms with van der Waals surface area (Å²) in [4.78, 5) is 13.1. The smallest absolute Gasteiger partial charge is 0.216 e. The minimum Gasteiger partial charge on any atom is -0.461 e. The van der Waals surface area contributed by atoms with E-state index in [1.54, 1.807) is 6.26 Å². The maximum absolute atomic E-state index is 5.27. The van der Waals surface area contributed by atoms with Crippen LogP contribution in [0.25, 0.3) is 11.6 Å². The minimum atomic E-state index is 0.575. The Labute approximate surface area is 128 Å². The summed E-state index contributed by atoms with van der Waals surface area (Å²) in [6.45, 7) is 4.69. The normalized spacial score (nSPS) is 10.8. The SMILES string of the molecule is CCc1cc(NCCc2nc(-c3ccco3)n[nH]2)nc(C)n1.